The van der Waals surface area contributed by atoms with Crippen LogP contribution in [0.1, 0.15) is 15.2 Å². The van der Waals surface area contributed by atoms with Crippen LogP contribution in [0.4, 0.5) is 10.1 Å². The number of hydrogen-bond acceptors (Lipinski definition) is 4. The molecule has 0 fully saturated rings. The molecule has 20 heavy (non-hydrogen) atoms. The van der Waals surface area contributed by atoms with E-state index in [0.717, 1.165) is 23.5 Å². The maximum Gasteiger partial charge on any atom is 0.348 e. The first-order chi connectivity index (χ1) is 9.31. The maximum atomic E-state index is 13.2. The zero-order valence-electron chi connectivity index (χ0n) is 10.3. The molecule has 2 rings (SSSR count). The Bertz CT molecular complexity index is 768. The molecule has 106 valence electrons. The number of sulfonamides is 1. The Kier molecular flexibility index (Phi) is 3.78. The SMILES string of the molecule is Cc1ccc(F)cc1S(=O)(=O)Nc1ccsc1C(=O)O. The van der Waals surface area contributed by atoms with Crippen molar-refractivity contribution in [3.05, 3.63) is 45.9 Å². The molecule has 0 saturated heterocycles. The van der Waals surface area contributed by atoms with E-state index in [1.54, 1.807) is 0 Å². The molecular weight excluding hydrogens is 305 g/mol. The average Bonchev–Trinajstić information content (AvgIpc) is 2.79. The Morgan fingerprint density at radius 2 is 2.05 bits per heavy atom. The second kappa shape index (κ2) is 5.22. The van der Waals surface area contributed by atoms with Gasteiger partial charge in [0, 0.05) is 0 Å². The minimum absolute atomic E-state index is 0.0360. The first kappa shape index (κ1) is 14.5. The fourth-order valence-electron chi connectivity index (χ4n) is 1.62. The highest BCUT2D eigenvalue weighted by Crippen LogP contribution is 2.26. The minimum atomic E-state index is -4.04. The van der Waals surface area contributed by atoms with E-state index < -0.39 is 21.8 Å². The van der Waals surface area contributed by atoms with Crippen LogP contribution in [0.3, 0.4) is 0 Å². The summed E-state index contributed by atoms with van der Waals surface area (Å²) in [5.74, 6) is -1.91. The number of aryl methyl sites for hydroxylation is 1. The van der Waals surface area contributed by atoms with E-state index >= 15 is 0 Å². The maximum absolute atomic E-state index is 13.2. The number of halogens is 1. The topological polar surface area (TPSA) is 83.5 Å². The van der Waals surface area contributed by atoms with Crippen molar-refractivity contribution < 1.29 is 22.7 Å². The Balaban J connectivity index is 2.44. The lowest BCUT2D eigenvalue weighted by Crippen LogP contribution is -2.15. The summed E-state index contributed by atoms with van der Waals surface area (Å²) in [6.45, 7) is 1.53. The number of anilines is 1. The zero-order valence-corrected chi connectivity index (χ0v) is 11.9. The van der Waals surface area contributed by atoms with Crippen LogP contribution in [0, 0.1) is 12.7 Å². The van der Waals surface area contributed by atoms with E-state index in [1.807, 2.05) is 0 Å². The fraction of sp³-hybridized carbons (Fsp3) is 0.0833. The zero-order chi connectivity index (χ0) is 14.9. The molecule has 1 aromatic heterocycles. The van der Waals surface area contributed by atoms with Gasteiger partial charge in [0.1, 0.15) is 10.7 Å². The van der Waals surface area contributed by atoms with E-state index in [0.29, 0.717) is 5.56 Å². The number of thiophene rings is 1. The predicted molar refractivity (Wildman–Crippen MR) is 73.2 cm³/mol. The number of carboxylic acids is 1. The largest absolute Gasteiger partial charge is 0.477 e. The molecule has 2 aromatic rings. The lowest BCUT2D eigenvalue weighted by molar-refractivity contribution is 0.0703. The van der Waals surface area contributed by atoms with E-state index in [-0.39, 0.29) is 15.5 Å². The van der Waals surface area contributed by atoms with Gasteiger partial charge in [0.05, 0.1) is 10.6 Å². The van der Waals surface area contributed by atoms with Crippen LogP contribution in [0.2, 0.25) is 0 Å². The summed E-state index contributed by atoms with van der Waals surface area (Å²) in [6.07, 6.45) is 0. The van der Waals surface area contributed by atoms with Gasteiger partial charge in [-0.1, -0.05) is 6.07 Å². The van der Waals surface area contributed by atoms with Crippen LogP contribution in [0.5, 0.6) is 0 Å². The molecular formula is C12H10FNO4S2. The molecule has 0 spiro atoms. The molecule has 0 atom stereocenters. The van der Waals surface area contributed by atoms with E-state index in [1.165, 1.54) is 24.4 Å². The lowest BCUT2D eigenvalue weighted by atomic mass is 10.2. The Hall–Kier alpha value is -1.93. The second-order valence-electron chi connectivity index (χ2n) is 3.98. The van der Waals surface area contributed by atoms with Gasteiger partial charge < -0.3 is 5.11 Å². The van der Waals surface area contributed by atoms with Gasteiger partial charge in [0.15, 0.2) is 0 Å². The summed E-state index contributed by atoms with van der Waals surface area (Å²) in [4.78, 5) is 10.6. The molecule has 0 aliphatic rings. The van der Waals surface area contributed by atoms with Gasteiger partial charge in [0.25, 0.3) is 10.0 Å². The van der Waals surface area contributed by atoms with Crippen molar-refractivity contribution in [3.8, 4) is 0 Å². The third-order valence-electron chi connectivity index (χ3n) is 2.54. The highest BCUT2D eigenvalue weighted by molar-refractivity contribution is 7.92. The monoisotopic (exact) mass is 315 g/mol. The van der Waals surface area contributed by atoms with Gasteiger partial charge in [-0.3, -0.25) is 4.72 Å². The van der Waals surface area contributed by atoms with Crippen LogP contribution < -0.4 is 4.72 Å². The summed E-state index contributed by atoms with van der Waals surface area (Å²) >= 11 is 0.900. The first-order valence-corrected chi connectivity index (χ1v) is 7.77. The molecule has 2 N–H and O–H groups in total. The van der Waals surface area contributed by atoms with Crippen LogP contribution in [-0.2, 0) is 10.0 Å². The highest BCUT2D eigenvalue weighted by Gasteiger charge is 2.21. The average molecular weight is 315 g/mol. The van der Waals surface area contributed by atoms with E-state index in [9.17, 15) is 17.6 Å². The molecule has 0 radical (unpaired) electrons. The van der Waals surface area contributed by atoms with Crippen molar-refractivity contribution in [1.29, 1.82) is 0 Å². The summed E-state index contributed by atoms with van der Waals surface area (Å²) in [6, 6.07) is 4.74. The number of hydrogen-bond donors (Lipinski definition) is 2. The van der Waals surface area contributed by atoms with Gasteiger partial charge >= 0.3 is 5.97 Å². The van der Waals surface area contributed by atoms with Gasteiger partial charge in [-0.2, -0.15) is 0 Å². The Morgan fingerprint density at radius 1 is 1.35 bits per heavy atom. The second-order valence-corrected chi connectivity index (χ2v) is 6.55. The van der Waals surface area contributed by atoms with Crippen LogP contribution >= 0.6 is 11.3 Å². The van der Waals surface area contributed by atoms with Crippen molar-refractivity contribution in [1.82, 2.24) is 0 Å². The third kappa shape index (κ3) is 2.81. The number of aromatic carboxylic acids is 1. The number of rotatable bonds is 4. The van der Waals surface area contributed by atoms with E-state index in [2.05, 4.69) is 4.72 Å². The number of benzene rings is 1. The molecule has 0 saturated carbocycles. The van der Waals surface area contributed by atoms with Crippen LogP contribution in [0.25, 0.3) is 0 Å². The molecule has 8 heteroatoms. The Morgan fingerprint density at radius 3 is 2.70 bits per heavy atom. The number of nitrogens with one attached hydrogen (secondary N) is 1. The standard InChI is InChI=1S/C12H10FNO4S2/c1-7-2-3-8(13)6-10(7)20(17,18)14-9-4-5-19-11(9)12(15)16/h2-6,14H,1H3,(H,15,16). The smallest absolute Gasteiger partial charge is 0.348 e. The van der Waals surface area contributed by atoms with Gasteiger partial charge in [0.2, 0.25) is 0 Å². The van der Waals surface area contributed by atoms with Gasteiger partial charge in [-0.05, 0) is 36.1 Å². The number of carboxylic acid groups (broad SMARTS) is 1. The van der Waals surface area contributed by atoms with Crippen molar-refractivity contribution in [2.75, 3.05) is 4.72 Å². The van der Waals surface area contributed by atoms with Crippen LogP contribution in [-0.4, -0.2) is 19.5 Å². The van der Waals surface area contributed by atoms with Crippen molar-refractivity contribution in [2.24, 2.45) is 0 Å². The normalized spacial score (nSPS) is 11.3. The highest BCUT2D eigenvalue weighted by atomic mass is 32.2. The quantitative estimate of drug-likeness (QED) is 0.908. The summed E-state index contributed by atoms with van der Waals surface area (Å²) in [5.41, 5.74) is 0.331. The molecule has 1 aromatic carbocycles. The minimum Gasteiger partial charge on any atom is -0.477 e. The Labute approximate surface area is 118 Å². The predicted octanol–water partition coefficient (Wildman–Crippen LogP) is 2.69. The fourth-order valence-corrected chi connectivity index (χ4v) is 3.70. The number of carbonyl (C=O) groups is 1. The molecule has 0 unspecified atom stereocenters. The molecule has 1 heterocycles. The van der Waals surface area contributed by atoms with Gasteiger partial charge in [-0.15, -0.1) is 11.3 Å². The molecule has 0 aliphatic carbocycles. The first-order valence-electron chi connectivity index (χ1n) is 5.41. The van der Waals surface area contributed by atoms with E-state index in [4.69, 9.17) is 5.11 Å². The van der Waals surface area contributed by atoms with Crippen LogP contribution in [0.15, 0.2) is 34.5 Å². The molecule has 0 bridgehead atoms. The van der Waals surface area contributed by atoms with Crippen molar-refractivity contribution >= 4 is 33.0 Å². The summed E-state index contributed by atoms with van der Waals surface area (Å²) in [7, 11) is -4.04. The third-order valence-corrected chi connectivity index (χ3v) is 4.95. The van der Waals surface area contributed by atoms with Crippen molar-refractivity contribution in [3.63, 3.8) is 0 Å². The summed E-state index contributed by atoms with van der Waals surface area (Å²) < 4.78 is 39.7. The van der Waals surface area contributed by atoms with Crippen molar-refractivity contribution in [2.45, 2.75) is 11.8 Å². The molecule has 0 amide bonds. The molecule has 0 aliphatic heterocycles. The summed E-state index contributed by atoms with van der Waals surface area (Å²) in [5, 5.41) is 10.4. The van der Waals surface area contributed by atoms with Gasteiger partial charge in [-0.25, -0.2) is 17.6 Å². The molecule has 5 nitrogen and oxygen atoms in total. The lowest BCUT2D eigenvalue weighted by Gasteiger charge is -2.10.